The molecule has 0 aliphatic carbocycles. The number of para-hydroxylation sites is 1. The average molecular weight is 304 g/mol. The van der Waals surface area contributed by atoms with Crippen molar-refractivity contribution in [1.29, 1.82) is 5.26 Å². The van der Waals surface area contributed by atoms with Crippen LogP contribution in [0.3, 0.4) is 0 Å². The number of hydrogen-bond donors (Lipinski definition) is 1. The van der Waals surface area contributed by atoms with Crippen molar-refractivity contribution < 1.29 is 9.21 Å². The zero-order valence-electron chi connectivity index (χ0n) is 12.8. The Bertz CT molecular complexity index is 870. The van der Waals surface area contributed by atoms with Gasteiger partial charge in [-0.05, 0) is 37.3 Å². The van der Waals surface area contributed by atoms with E-state index in [0.29, 0.717) is 29.8 Å². The van der Waals surface area contributed by atoms with Crippen LogP contribution in [0.4, 0.5) is 5.69 Å². The van der Waals surface area contributed by atoms with Gasteiger partial charge in [0.2, 0.25) is 0 Å². The van der Waals surface area contributed by atoms with Gasteiger partial charge in [0, 0.05) is 23.9 Å². The quantitative estimate of drug-likeness (QED) is 0.719. The van der Waals surface area contributed by atoms with E-state index in [1.807, 2.05) is 30.3 Å². The van der Waals surface area contributed by atoms with Crippen molar-refractivity contribution in [1.82, 2.24) is 0 Å². The summed E-state index contributed by atoms with van der Waals surface area (Å²) in [6.45, 7) is 2.13. The molecule has 0 radical (unpaired) electrons. The number of carbonyl (C=O) groups is 1. The van der Waals surface area contributed by atoms with Crippen molar-refractivity contribution in [3.63, 3.8) is 0 Å². The number of furan rings is 1. The number of carbonyl (C=O) groups excluding carboxylic acids is 1. The second-order valence-electron chi connectivity index (χ2n) is 5.36. The maximum atomic E-state index is 11.5. The molecule has 0 atom stereocenters. The van der Waals surface area contributed by atoms with Gasteiger partial charge in [-0.25, -0.2) is 0 Å². The number of Topliss-reactive ketones (excluding diaryl/α,β-unsaturated/α-hetero) is 1. The highest BCUT2D eigenvalue weighted by molar-refractivity contribution is 5.95. The molecule has 2 aromatic carbocycles. The van der Waals surface area contributed by atoms with E-state index in [1.54, 1.807) is 18.2 Å². The van der Waals surface area contributed by atoms with Crippen LogP contribution >= 0.6 is 0 Å². The summed E-state index contributed by atoms with van der Waals surface area (Å²) in [5.74, 6) is 0.870. The second-order valence-corrected chi connectivity index (χ2v) is 5.36. The molecule has 1 aromatic heterocycles. The number of benzene rings is 2. The smallest absolute Gasteiger partial charge is 0.159 e. The van der Waals surface area contributed by atoms with Crippen LogP contribution in [-0.4, -0.2) is 12.3 Å². The molecule has 0 spiro atoms. The summed E-state index contributed by atoms with van der Waals surface area (Å²) in [6, 6.07) is 17.1. The van der Waals surface area contributed by atoms with Crippen molar-refractivity contribution >= 4 is 22.4 Å². The molecule has 0 fully saturated rings. The van der Waals surface area contributed by atoms with Gasteiger partial charge in [0.05, 0.1) is 11.3 Å². The number of hydrogen-bond acceptors (Lipinski definition) is 4. The molecule has 0 aliphatic heterocycles. The molecule has 1 heterocycles. The zero-order chi connectivity index (χ0) is 16.2. The summed E-state index contributed by atoms with van der Waals surface area (Å²) < 4.78 is 5.77. The molecule has 0 saturated carbocycles. The molecule has 3 rings (SSSR count). The first-order chi connectivity index (χ1) is 11.2. The summed E-state index contributed by atoms with van der Waals surface area (Å²) in [6.07, 6.45) is 0.698. The number of nitriles is 1. The van der Waals surface area contributed by atoms with Crippen LogP contribution in [0.25, 0.3) is 11.0 Å². The highest BCUT2D eigenvalue weighted by atomic mass is 16.3. The number of rotatable bonds is 5. The van der Waals surface area contributed by atoms with Gasteiger partial charge in [0.1, 0.15) is 17.4 Å². The van der Waals surface area contributed by atoms with Crippen LogP contribution in [0.2, 0.25) is 0 Å². The Morgan fingerprint density at radius 2 is 2.04 bits per heavy atom. The molecule has 1 N–H and O–H groups in total. The summed E-state index contributed by atoms with van der Waals surface area (Å²) in [5.41, 5.74) is 2.67. The molecule has 23 heavy (non-hydrogen) atoms. The van der Waals surface area contributed by atoms with Crippen LogP contribution in [0.1, 0.15) is 28.6 Å². The molecule has 4 heteroatoms. The van der Waals surface area contributed by atoms with E-state index in [4.69, 9.17) is 9.68 Å². The molecule has 0 aliphatic rings. The predicted octanol–water partition coefficient (Wildman–Crippen LogP) is 4.16. The number of anilines is 1. The lowest BCUT2D eigenvalue weighted by molar-refractivity contribution is 0.101. The molecule has 4 nitrogen and oxygen atoms in total. The van der Waals surface area contributed by atoms with E-state index < -0.39 is 0 Å². The highest BCUT2D eigenvalue weighted by Crippen LogP contribution is 2.20. The maximum absolute atomic E-state index is 11.5. The number of ketones is 1. The van der Waals surface area contributed by atoms with Crippen LogP contribution in [0.5, 0.6) is 0 Å². The summed E-state index contributed by atoms with van der Waals surface area (Å²) in [7, 11) is 0. The Kier molecular flexibility index (Phi) is 4.11. The fourth-order valence-electron chi connectivity index (χ4n) is 2.49. The molecule has 0 bridgehead atoms. The van der Waals surface area contributed by atoms with Crippen molar-refractivity contribution in [3.05, 3.63) is 65.4 Å². The first-order valence-electron chi connectivity index (χ1n) is 7.44. The van der Waals surface area contributed by atoms with Gasteiger partial charge in [-0.1, -0.05) is 18.2 Å². The van der Waals surface area contributed by atoms with Crippen molar-refractivity contribution in [2.45, 2.75) is 13.3 Å². The third kappa shape index (κ3) is 3.24. The summed E-state index contributed by atoms with van der Waals surface area (Å²) >= 11 is 0. The zero-order valence-corrected chi connectivity index (χ0v) is 12.8. The van der Waals surface area contributed by atoms with Gasteiger partial charge in [0.15, 0.2) is 5.78 Å². The average Bonchev–Trinajstić information content (AvgIpc) is 2.97. The summed E-state index contributed by atoms with van der Waals surface area (Å²) in [5, 5.41) is 13.5. The third-order valence-electron chi connectivity index (χ3n) is 3.71. The molecule has 114 valence electrons. The second kappa shape index (κ2) is 6.37. The van der Waals surface area contributed by atoms with E-state index in [0.717, 1.165) is 16.7 Å². The van der Waals surface area contributed by atoms with E-state index in [9.17, 15) is 4.79 Å². The molecule has 0 unspecified atom stereocenters. The lowest BCUT2D eigenvalue weighted by atomic mass is 10.1. The van der Waals surface area contributed by atoms with Gasteiger partial charge < -0.3 is 9.73 Å². The van der Waals surface area contributed by atoms with Gasteiger partial charge >= 0.3 is 0 Å². The van der Waals surface area contributed by atoms with Crippen LogP contribution in [-0.2, 0) is 6.42 Å². The lowest BCUT2D eigenvalue weighted by Gasteiger charge is -2.08. The highest BCUT2D eigenvalue weighted by Gasteiger charge is 2.07. The molecule has 3 aromatic rings. The number of nitrogens with one attached hydrogen (secondary N) is 1. The minimum atomic E-state index is -0.0187. The Hall–Kier alpha value is -3.06. The van der Waals surface area contributed by atoms with Crippen molar-refractivity contribution in [3.8, 4) is 6.07 Å². The van der Waals surface area contributed by atoms with E-state index in [2.05, 4.69) is 11.4 Å². The predicted molar refractivity (Wildman–Crippen MR) is 89.6 cm³/mol. The Labute approximate surface area is 134 Å². The van der Waals surface area contributed by atoms with E-state index in [-0.39, 0.29) is 5.78 Å². The van der Waals surface area contributed by atoms with E-state index in [1.165, 1.54) is 6.92 Å². The van der Waals surface area contributed by atoms with Gasteiger partial charge in [0.25, 0.3) is 0 Å². The maximum Gasteiger partial charge on any atom is 0.159 e. The van der Waals surface area contributed by atoms with Crippen molar-refractivity contribution in [2.24, 2.45) is 0 Å². The first-order valence-corrected chi connectivity index (χ1v) is 7.44. The Balaban J connectivity index is 1.71. The first kappa shape index (κ1) is 14.9. The van der Waals surface area contributed by atoms with Gasteiger partial charge in [-0.2, -0.15) is 5.26 Å². The Morgan fingerprint density at radius 1 is 1.22 bits per heavy atom. The van der Waals surface area contributed by atoms with Gasteiger partial charge in [-0.3, -0.25) is 4.79 Å². The molecule has 0 amide bonds. The fourth-order valence-corrected chi connectivity index (χ4v) is 2.49. The SMILES string of the molecule is CC(=O)c1ccc(C#N)c(NCCc2cc3ccccc3o2)c1. The third-order valence-corrected chi connectivity index (χ3v) is 3.71. The number of fused-ring (bicyclic) bond motifs is 1. The lowest BCUT2D eigenvalue weighted by Crippen LogP contribution is -2.07. The topological polar surface area (TPSA) is 66.0 Å². The van der Waals surface area contributed by atoms with E-state index >= 15 is 0 Å². The van der Waals surface area contributed by atoms with Crippen LogP contribution in [0.15, 0.2) is 52.9 Å². The minimum absolute atomic E-state index is 0.0187. The molecular formula is C19H16N2O2. The van der Waals surface area contributed by atoms with Gasteiger partial charge in [-0.15, -0.1) is 0 Å². The van der Waals surface area contributed by atoms with Crippen LogP contribution < -0.4 is 5.32 Å². The fraction of sp³-hybridized carbons (Fsp3) is 0.158. The normalized spacial score (nSPS) is 10.4. The Morgan fingerprint density at radius 3 is 2.78 bits per heavy atom. The number of nitrogens with zero attached hydrogens (tertiary/aromatic N) is 1. The van der Waals surface area contributed by atoms with Crippen LogP contribution in [0, 0.1) is 11.3 Å². The summed E-state index contributed by atoms with van der Waals surface area (Å²) in [4.78, 5) is 11.5. The largest absolute Gasteiger partial charge is 0.461 e. The molecule has 0 saturated heterocycles. The van der Waals surface area contributed by atoms with Crippen molar-refractivity contribution in [2.75, 3.05) is 11.9 Å². The minimum Gasteiger partial charge on any atom is -0.461 e. The molecular weight excluding hydrogens is 288 g/mol. The standard InChI is InChI=1S/C19H16N2O2/c1-13(22)14-6-7-16(12-20)18(11-14)21-9-8-17-10-15-4-2-3-5-19(15)23-17/h2-7,10-11,21H,8-9H2,1H3. The monoisotopic (exact) mass is 304 g/mol.